The van der Waals surface area contributed by atoms with Gasteiger partial charge in [0.25, 0.3) is 0 Å². The molecular weight excluding hydrogens is 442 g/mol. The van der Waals surface area contributed by atoms with Gasteiger partial charge in [-0.25, -0.2) is 0 Å². The zero-order valence-electron chi connectivity index (χ0n) is 10.8. The highest BCUT2D eigenvalue weighted by Gasteiger charge is 2.20. The van der Waals surface area contributed by atoms with E-state index in [-0.39, 0.29) is 0 Å². The number of rotatable bonds is 5. The van der Waals surface area contributed by atoms with E-state index in [2.05, 4.69) is 59.9 Å². The molecule has 0 saturated carbocycles. The lowest BCUT2D eigenvalue weighted by Crippen LogP contribution is -2.19. The summed E-state index contributed by atoms with van der Waals surface area (Å²) in [5.74, 6) is 0. The van der Waals surface area contributed by atoms with Crippen molar-refractivity contribution in [2.45, 2.75) is 22.4 Å². The van der Waals surface area contributed by atoms with Gasteiger partial charge in [0.15, 0.2) is 7.83 Å². The summed E-state index contributed by atoms with van der Waals surface area (Å²) in [6, 6.07) is 7.18. The van der Waals surface area contributed by atoms with Gasteiger partial charge in [-0.1, -0.05) is 66.8 Å². The van der Waals surface area contributed by atoms with Crippen molar-refractivity contribution < 1.29 is 4.86 Å². The number of benzene rings is 1. The Bertz CT molecular complexity index is 429. The van der Waals surface area contributed by atoms with Crippen LogP contribution in [0.3, 0.4) is 0 Å². The van der Waals surface area contributed by atoms with E-state index in [1.54, 1.807) is 17.1 Å². The number of hydrogen-bond donors (Lipinski definition) is 0. The number of alkyl halides is 3. The Hall–Kier alpha value is -0.140. The number of hydrogen-bond acceptors (Lipinski definition) is 2. The molecule has 0 unspecified atom stereocenters. The number of halogens is 3. The lowest BCUT2D eigenvalue weighted by atomic mass is 10.2. The van der Waals surface area contributed by atoms with E-state index < -0.39 is 2.14 Å². The zero-order chi connectivity index (χ0) is 14.5. The molecule has 1 aromatic rings. The molecule has 0 atom stereocenters. The van der Waals surface area contributed by atoms with Gasteiger partial charge in [-0.2, -0.15) is 5.01 Å². The number of nitrogens with zero attached hydrogens (tertiary/aromatic N) is 3. The summed E-state index contributed by atoms with van der Waals surface area (Å²) in [5, 5.41) is 17.7. The highest BCUT2D eigenvalue weighted by Crippen LogP contribution is 2.44. The third-order valence-electron chi connectivity index (χ3n) is 2.47. The smallest absolute Gasteiger partial charge is 0.159 e. The molecule has 0 saturated heterocycles. The molecule has 0 fully saturated rings. The predicted octanol–water partition coefficient (Wildman–Crippen LogP) is 5.22. The third kappa shape index (κ3) is 5.39. The monoisotopic (exact) mass is 455 g/mol. The molecule has 0 heterocycles. The first kappa shape index (κ1) is 16.9. The SMILES string of the molecule is CCCN(CC)/N=[N+](\[O-])c1ccc(C(Br)(Br)Br)cc1. The van der Waals surface area contributed by atoms with Gasteiger partial charge >= 0.3 is 0 Å². The molecule has 0 amide bonds. The Morgan fingerprint density at radius 2 is 1.79 bits per heavy atom. The molecular formula is C12H16Br3N3O. The van der Waals surface area contributed by atoms with Crippen LogP contribution in [0.1, 0.15) is 25.8 Å². The molecule has 1 rings (SSSR count). The van der Waals surface area contributed by atoms with Crippen LogP contribution in [0.15, 0.2) is 29.5 Å². The predicted molar refractivity (Wildman–Crippen MR) is 88.2 cm³/mol. The van der Waals surface area contributed by atoms with Crippen molar-refractivity contribution in [3.63, 3.8) is 0 Å². The van der Waals surface area contributed by atoms with Gasteiger partial charge in [-0.3, -0.25) is 0 Å². The van der Waals surface area contributed by atoms with Gasteiger partial charge in [-0.05, 0) is 31.0 Å². The second-order valence-corrected chi connectivity index (χ2v) is 10.7. The van der Waals surface area contributed by atoms with Gasteiger partial charge in [0.2, 0.25) is 0 Å². The molecule has 0 radical (unpaired) electrons. The maximum atomic E-state index is 11.9. The van der Waals surface area contributed by atoms with Crippen molar-refractivity contribution in [1.29, 1.82) is 0 Å². The Labute approximate surface area is 138 Å². The molecule has 0 N–H and O–H groups in total. The normalized spacial score (nSPS) is 12.6. The highest BCUT2D eigenvalue weighted by molar-refractivity contribution is 9.38. The van der Waals surface area contributed by atoms with Crippen LogP contribution in [0.5, 0.6) is 0 Å². The third-order valence-corrected chi connectivity index (χ3v) is 3.84. The van der Waals surface area contributed by atoms with Crippen LogP contribution in [0, 0.1) is 5.21 Å². The van der Waals surface area contributed by atoms with E-state index in [9.17, 15) is 5.21 Å². The average molecular weight is 458 g/mol. The molecule has 4 nitrogen and oxygen atoms in total. The van der Waals surface area contributed by atoms with Crippen LogP contribution in [-0.4, -0.2) is 23.0 Å². The van der Waals surface area contributed by atoms with E-state index in [0.717, 1.165) is 25.1 Å². The maximum absolute atomic E-state index is 11.9. The van der Waals surface area contributed by atoms with E-state index >= 15 is 0 Å². The van der Waals surface area contributed by atoms with Crippen LogP contribution < -0.4 is 0 Å². The molecule has 0 aliphatic carbocycles. The van der Waals surface area contributed by atoms with Crippen LogP contribution in [-0.2, 0) is 2.14 Å². The molecule has 0 bridgehead atoms. The van der Waals surface area contributed by atoms with E-state index in [0.29, 0.717) is 10.5 Å². The minimum Gasteiger partial charge on any atom is -0.691 e. The molecule has 106 valence electrons. The lowest BCUT2D eigenvalue weighted by Gasteiger charge is -2.14. The fraction of sp³-hybridized carbons (Fsp3) is 0.500. The molecule has 0 spiro atoms. The average Bonchev–Trinajstić information content (AvgIpc) is 2.37. The first-order chi connectivity index (χ1) is 8.88. The summed E-state index contributed by atoms with van der Waals surface area (Å²) < 4.78 is -0.464. The van der Waals surface area contributed by atoms with Gasteiger partial charge in [0.1, 0.15) is 13.1 Å². The Balaban J connectivity index is 2.88. The second-order valence-electron chi connectivity index (χ2n) is 3.95. The fourth-order valence-electron chi connectivity index (χ4n) is 1.47. The van der Waals surface area contributed by atoms with Crippen LogP contribution >= 0.6 is 47.8 Å². The van der Waals surface area contributed by atoms with E-state index in [1.807, 2.05) is 19.1 Å². The van der Waals surface area contributed by atoms with Gasteiger partial charge in [-0.15, -0.1) is 4.86 Å². The second kappa shape index (κ2) is 7.59. The summed E-state index contributed by atoms with van der Waals surface area (Å²) in [4.78, 5) is 0.654. The summed E-state index contributed by atoms with van der Waals surface area (Å²) >= 11 is 10.3. The summed E-state index contributed by atoms with van der Waals surface area (Å²) in [7, 11) is 0. The topological polar surface area (TPSA) is 41.7 Å². The molecule has 0 aliphatic rings. The Morgan fingerprint density at radius 1 is 1.21 bits per heavy atom. The van der Waals surface area contributed by atoms with Gasteiger partial charge < -0.3 is 5.21 Å². The fourth-order valence-corrected chi connectivity index (χ4v) is 2.26. The maximum Gasteiger partial charge on any atom is 0.159 e. The first-order valence-electron chi connectivity index (χ1n) is 5.99. The minimum atomic E-state index is -0.464. The summed E-state index contributed by atoms with van der Waals surface area (Å²) in [6.07, 6.45) is 0.962. The zero-order valence-corrected chi connectivity index (χ0v) is 15.6. The first-order valence-corrected chi connectivity index (χ1v) is 8.37. The van der Waals surface area contributed by atoms with Crippen molar-refractivity contribution in [1.82, 2.24) is 5.01 Å². The summed E-state index contributed by atoms with van der Waals surface area (Å²) in [6.45, 7) is 5.53. The largest absolute Gasteiger partial charge is 0.691 e. The van der Waals surface area contributed by atoms with Crippen LogP contribution in [0.25, 0.3) is 0 Å². The minimum absolute atomic E-state index is 0.464. The molecule has 1 aromatic carbocycles. The van der Waals surface area contributed by atoms with Crippen LogP contribution in [0.4, 0.5) is 5.69 Å². The van der Waals surface area contributed by atoms with Crippen molar-refractivity contribution >= 4 is 53.5 Å². The lowest BCUT2D eigenvalue weighted by molar-refractivity contribution is -0.461. The Kier molecular flexibility index (Phi) is 6.76. The van der Waals surface area contributed by atoms with E-state index in [4.69, 9.17) is 0 Å². The quantitative estimate of drug-likeness (QED) is 0.263. The molecule has 7 heteroatoms. The summed E-state index contributed by atoms with van der Waals surface area (Å²) in [5.41, 5.74) is 1.47. The van der Waals surface area contributed by atoms with Crippen molar-refractivity contribution in [2.75, 3.05) is 13.1 Å². The van der Waals surface area contributed by atoms with Crippen molar-refractivity contribution in [2.24, 2.45) is 5.22 Å². The van der Waals surface area contributed by atoms with Crippen LogP contribution in [0.2, 0.25) is 0 Å². The highest BCUT2D eigenvalue weighted by atomic mass is 80.0. The van der Waals surface area contributed by atoms with E-state index in [1.165, 1.54) is 0 Å². The molecule has 0 aromatic heterocycles. The standard InChI is InChI=1S/C12H16Br3N3O/c1-3-9-17(4-2)16-18(19)11-7-5-10(6-8-11)12(13,14)15/h5-8H,3-4,9H2,1-2H3/b18-16-. The molecule has 19 heavy (non-hydrogen) atoms. The van der Waals surface area contributed by atoms with Crippen molar-refractivity contribution in [3.8, 4) is 0 Å². The Morgan fingerprint density at radius 3 is 2.21 bits per heavy atom. The van der Waals surface area contributed by atoms with Gasteiger partial charge in [0, 0.05) is 0 Å². The van der Waals surface area contributed by atoms with Gasteiger partial charge in [0.05, 0.1) is 5.22 Å². The van der Waals surface area contributed by atoms with Crippen molar-refractivity contribution in [3.05, 3.63) is 35.0 Å². The molecule has 0 aliphatic heterocycles.